The van der Waals surface area contributed by atoms with E-state index in [9.17, 15) is 9.59 Å². The Morgan fingerprint density at radius 2 is 1.52 bits per heavy atom. The summed E-state index contributed by atoms with van der Waals surface area (Å²) in [5.41, 5.74) is 4.35. The Morgan fingerprint density at radius 3 is 2.23 bits per heavy atom. The Balaban J connectivity index is 1.36. The average Bonchev–Trinajstić information content (AvgIpc) is 3.59. The number of nitrogens with zero attached hydrogens (tertiary/aromatic N) is 4. The molecule has 1 atom stereocenters. The molecule has 44 heavy (non-hydrogen) atoms. The van der Waals surface area contributed by atoms with Gasteiger partial charge in [0.15, 0.2) is 0 Å². The van der Waals surface area contributed by atoms with E-state index >= 15 is 0 Å². The molecule has 1 unspecified atom stereocenters. The van der Waals surface area contributed by atoms with Crippen molar-refractivity contribution in [2.75, 3.05) is 33.3 Å². The minimum atomic E-state index is -0.451. The highest BCUT2D eigenvalue weighted by Crippen LogP contribution is 2.26. The molecule has 0 radical (unpaired) electrons. The van der Waals surface area contributed by atoms with E-state index in [0.717, 1.165) is 36.3 Å². The highest BCUT2D eigenvalue weighted by atomic mass is 16.5. The lowest BCUT2D eigenvalue weighted by Gasteiger charge is -2.32. The Labute approximate surface area is 258 Å². The summed E-state index contributed by atoms with van der Waals surface area (Å²) in [4.78, 5) is 37.5. The summed E-state index contributed by atoms with van der Waals surface area (Å²) in [5.74, 6) is 1.24. The number of benzene rings is 4. The van der Waals surface area contributed by atoms with Gasteiger partial charge in [0.25, 0.3) is 5.56 Å². The number of ether oxygens (including phenoxy) is 1. The van der Waals surface area contributed by atoms with E-state index in [1.54, 1.807) is 17.7 Å². The van der Waals surface area contributed by atoms with Crippen LogP contribution in [0.25, 0.3) is 27.7 Å². The normalized spacial score (nSPS) is 14.0. The van der Waals surface area contributed by atoms with Gasteiger partial charge in [0.1, 0.15) is 11.6 Å². The number of rotatable bonds is 10. The van der Waals surface area contributed by atoms with Crippen LogP contribution < -0.4 is 10.3 Å². The molecule has 1 amide bonds. The molecule has 224 valence electrons. The van der Waals surface area contributed by atoms with E-state index in [4.69, 9.17) is 9.72 Å². The van der Waals surface area contributed by atoms with Gasteiger partial charge in [0, 0.05) is 13.1 Å². The molecule has 1 aliphatic rings. The standard InChI is InChI=1S/C37H38N4O3/c1-27(36-38-34-13-7-6-12-33(34)37(43)41(36)31-18-20-32(44-2)21-19-31)40(25-24-39-22-8-9-23-39)35(42)26-28-14-16-30(17-15-28)29-10-4-3-5-11-29/h3-7,10-21,27H,8-9,22-26H2,1-2H3. The van der Waals surface area contributed by atoms with Gasteiger partial charge < -0.3 is 14.5 Å². The molecule has 0 N–H and O–H groups in total. The average molecular weight is 587 g/mol. The van der Waals surface area contributed by atoms with Crippen LogP contribution in [0.4, 0.5) is 0 Å². The monoisotopic (exact) mass is 586 g/mol. The van der Waals surface area contributed by atoms with Crippen molar-refractivity contribution >= 4 is 16.8 Å². The zero-order valence-corrected chi connectivity index (χ0v) is 25.4. The van der Waals surface area contributed by atoms with Crippen LogP contribution in [0.2, 0.25) is 0 Å². The number of amides is 1. The summed E-state index contributed by atoms with van der Waals surface area (Å²) in [5, 5.41) is 0.535. The van der Waals surface area contributed by atoms with Crippen LogP contribution >= 0.6 is 0 Å². The number of methoxy groups -OCH3 is 1. The third-order valence-electron chi connectivity index (χ3n) is 8.57. The molecule has 0 aliphatic carbocycles. The van der Waals surface area contributed by atoms with E-state index in [0.29, 0.717) is 34.7 Å². The van der Waals surface area contributed by atoms with Crippen LogP contribution in [-0.4, -0.2) is 58.5 Å². The topological polar surface area (TPSA) is 67.7 Å². The highest BCUT2D eigenvalue weighted by molar-refractivity contribution is 5.80. The summed E-state index contributed by atoms with van der Waals surface area (Å²) < 4.78 is 7.01. The first-order valence-corrected chi connectivity index (χ1v) is 15.3. The number of likely N-dealkylation sites (tertiary alicyclic amines) is 1. The first-order valence-electron chi connectivity index (χ1n) is 15.3. The molecule has 7 heteroatoms. The minimum Gasteiger partial charge on any atom is -0.497 e. The largest absolute Gasteiger partial charge is 0.497 e. The summed E-state index contributed by atoms with van der Waals surface area (Å²) in [6.45, 7) is 5.40. The molecule has 7 nitrogen and oxygen atoms in total. The van der Waals surface area contributed by atoms with Crippen LogP contribution in [0.1, 0.15) is 37.2 Å². The van der Waals surface area contributed by atoms with E-state index in [-0.39, 0.29) is 17.9 Å². The van der Waals surface area contributed by atoms with Crippen molar-refractivity contribution in [2.24, 2.45) is 0 Å². The highest BCUT2D eigenvalue weighted by Gasteiger charge is 2.28. The number of fused-ring (bicyclic) bond motifs is 1. The smallest absolute Gasteiger partial charge is 0.266 e. The molecule has 4 aromatic carbocycles. The molecule has 1 aromatic heterocycles. The van der Waals surface area contributed by atoms with Crippen molar-refractivity contribution in [1.82, 2.24) is 19.4 Å². The number of carbonyl (C=O) groups excluding carboxylic acids is 1. The fraction of sp³-hybridized carbons (Fsp3) is 0.270. The van der Waals surface area contributed by atoms with Gasteiger partial charge in [-0.2, -0.15) is 0 Å². The number of carbonyl (C=O) groups is 1. The van der Waals surface area contributed by atoms with Crippen molar-refractivity contribution in [3.8, 4) is 22.6 Å². The lowest BCUT2D eigenvalue weighted by molar-refractivity contribution is -0.133. The van der Waals surface area contributed by atoms with Gasteiger partial charge in [0.05, 0.1) is 36.2 Å². The molecule has 1 aliphatic heterocycles. The van der Waals surface area contributed by atoms with Crippen LogP contribution in [-0.2, 0) is 11.2 Å². The van der Waals surface area contributed by atoms with Crippen LogP contribution in [0.3, 0.4) is 0 Å². The fourth-order valence-corrected chi connectivity index (χ4v) is 6.06. The molecular formula is C37H38N4O3. The zero-order valence-electron chi connectivity index (χ0n) is 25.4. The maximum Gasteiger partial charge on any atom is 0.266 e. The van der Waals surface area contributed by atoms with Gasteiger partial charge in [-0.15, -0.1) is 0 Å². The van der Waals surface area contributed by atoms with Crippen molar-refractivity contribution in [2.45, 2.75) is 32.2 Å². The Kier molecular flexibility index (Phi) is 8.84. The number of para-hydroxylation sites is 1. The van der Waals surface area contributed by atoms with E-state index in [1.807, 2.05) is 84.6 Å². The van der Waals surface area contributed by atoms with Gasteiger partial charge in [-0.3, -0.25) is 14.2 Å². The van der Waals surface area contributed by atoms with Crippen LogP contribution in [0.5, 0.6) is 5.75 Å². The van der Waals surface area contributed by atoms with Gasteiger partial charge in [-0.25, -0.2) is 4.98 Å². The summed E-state index contributed by atoms with van der Waals surface area (Å²) >= 11 is 0. The molecule has 0 bridgehead atoms. The van der Waals surface area contributed by atoms with Gasteiger partial charge in [-0.05, 0) is 85.9 Å². The predicted octanol–water partition coefficient (Wildman–Crippen LogP) is 6.29. The molecule has 6 rings (SSSR count). The first-order chi connectivity index (χ1) is 21.5. The number of hydrogen-bond acceptors (Lipinski definition) is 5. The molecule has 1 saturated heterocycles. The Bertz CT molecular complexity index is 1780. The van der Waals surface area contributed by atoms with Crippen LogP contribution in [0.15, 0.2) is 108 Å². The summed E-state index contributed by atoms with van der Waals surface area (Å²) in [6.07, 6.45) is 2.63. The zero-order chi connectivity index (χ0) is 30.5. The number of aromatic nitrogens is 2. The molecular weight excluding hydrogens is 548 g/mol. The second-order valence-electron chi connectivity index (χ2n) is 11.4. The molecule has 2 heterocycles. The lowest BCUT2D eigenvalue weighted by atomic mass is 10.0. The van der Waals surface area contributed by atoms with Crippen LogP contribution in [0, 0.1) is 0 Å². The minimum absolute atomic E-state index is 0.00727. The Morgan fingerprint density at radius 1 is 0.864 bits per heavy atom. The fourth-order valence-electron chi connectivity index (χ4n) is 6.06. The third kappa shape index (κ3) is 6.29. The summed E-state index contributed by atoms with van der Waals surface area (Å²) in [7, 11) is 1.62. The molecule has 0 spiro atoms. The van der Waals surface area contributed by atoms with Gasteiger partial charge in [0.2, 0.25) is 5.91 Å². The van der Waals surface area contributed by atoms with Crippen molar-refractivity contribution in [1.29, 1.82) is 0 Å². The Hall–Kier alpha value is -4.75. The van der Waals surface area contributed by atoms with E-state index in [1.165, 1.54) is 12.8 Å². The number of hydrogen-bond donors (Lipinski definition) is 0. The first kappa shape index (κ1) is 29.3. The van der Waals surface area contributed by atoms with E-state index in [2.05, 4.69) is 29.2 Å². The van der Waals surface area contributed by atoms with Crippen molar-refractivity contribution in [3.05, 3.63) is 125 Å². The maximum atomic E-state index is 14.1. The summed E-state index contributed by atoms with van der Waals surface area (Å²) in [6, 6.07) is 32.8. The third-order valence-corrected chi connectivity index (χ3v) is 8.57. The van der Waals surface area contributed by atoms with Gasteiger partial charge in [-0.1, -0.05) is 66.7 Å². The van der Waals surface area contributed by atoms with Crippen molar-refractivity contribution < 1.29 is 9.53 Å². The quantitative estimate of drug-likeness (QED) is 0.192. The SMILES string of the molecule is COc1ccc(-n2c(C(C)N(CCN3CCCC3)C(=O)Cc3ccc(-c4ccccc4)cc3)nc3ccccc3c2=O)cc1. The van der Waals surface area contributed by atoms with E-state index < -0.39 is 6.04 Å². The molecule has 1 fully saturated rings. The molecule has 5 aromatic rings. The predicted molar refractivity (Wildman–Crippen MR) is 175 cm³/mol. The molecule has 0 saturated carbocycles. The lowest BCUT2D eigenvalue weighted by Crippen LogP contribution is -2.42. The maximum absolute atomic E-state index is 14.1. The second kappa shape index (κ2) is 13.3. The second-order valence-corrected chi connectivity index (χ2v) is 11.4. The van der Waals surface area contributed by atoms with Gasteiger partial charge >= 0.3 is 0 Å². The van der Waals surface area contributed by atoms with Crippen molar-refractivity contribution in [3.63, 3.8) is 0 Å².